The molecule has 0 aliphatic heterocycles. The minimum Gasteiger partial charge on any atom is -0.466 e. The third kappa shape index (κ3) is 7.77. The van der Waals surface area contributed by atoms with Crippen molar-refractivity contribution in [1.29, 1.82) is 0 Å². The van der Waals surface area contributed by atoms with Crippen molar-refractivity contribution in [2.45, 2.75) is 32.9 Å². The Morgan fingerprint density at radius 2 is 1.74 bits per heavy atom. The third-order valence-corrected chi connectivity index (χ3v) is 4.85. The molecule has 2 aromatic rings. The average molecular weight is 426 g/mol. The first-order valence-corrected chi connectivity index (χ1v) is 10.4. The van der Waals surface area contributed by atoms with Crippen LogP contribution in [0.25, 0.3) is 0 Å². The van der Waals surface area contributed by atoms with E-state index in [9.17, 15) is 14.4 Å². The smallest absolute Gasteiger partial charge is 0.306 e. The van der Waals surface area contributed by atoms with Crippen LogP contribution in [-0.2, 0) is 39.3 Å². The molecule has 7 nitrogen and oxygen atoms in total. The Bertz CT molecular complexity index is 876. The summed E-state index contributed by atoms with van der Waals surface area (Å²) in [5.74, 6) is -0.869. The lowest BCUT2D eigenvalue weighted by Gasteiger charge is -2.27. The maximum Gasteiger partial charge on any atom is 0.306 e. The Hall–Kier alpha value is -3.35. The predicted molar refractivity (Wildman–Crippen MR) is 119 cm³/mol. The van der Waals surface area contributed by atoms with E-state index in [-0.39, 0.29) is 44.4 Å². The number of amides is 2. The number of nitrogens with zero attached hydrogens (tertiary/aromatic N) is 3. The zero-order valence-corrected chi connectivity index (χ0v) is 18.3. The van der Waals surface area contributed by atoms with E-state index in [0.717, 1.165) is 11.3 Å². The molecule has 0 N–H and O–H groups in total. The van der Waals surface area contributed by atoms with Gasteiger partial charge >= 0.3 is 5.97 Å². The van der Waals surface area contributed by atoms with Crippen molar-refractivity contribution in [3.05, 3.63) is 72.6 Å². The Morgan fingerprint density at radius 3 is 2.35 bits per heavy atom. The summed E-state index contributed by atoms with van der Waals surface area (Å²) >= 11 is 0. The second-order valence-electron chi connectivity index (χ2n) is 7.21. The number of ether oxygens (including phenoxy) is 1. The average Bonchev–Trinajstić information content (AvgIpc) is 3.16. The van der Waals surface area contributed by atoms with Gasteiger partial charge in [0.1, 0.15) is 6.54 Å². The van der Waals surface area contributed by atoms with Gasteiger partial charge in [0.2, 0.25) is 11.8 Å². The summed E-state index contributed by atoms with van der Waals surface area (Å²) in [6.45, 7) is 6.69. The topological polar surface area (TPSA) is 71.9 Å². The number of rotatable bonds is 12. The summed E-state index contributed by atoms with van der Waals surface area (Å²) in [5.41, 5.74) is 2.00. The molecular formula is C24H31N3O4. The first-order valence-electron chi connectivity index (χ1n) is 10.4. The van der Waals surface area contributed by atoms with Crippen molar-refractivity contribution >= 4 is 17.8 Å². The van der Waals surface area contributed by atoms with Gasteiger partial charge in [-0.1, -0.05) is 36.4 Å². The molecule has 1 aromatic carbocycles. The molecule has 0 fully saturated rings. The molecule has 2 amide bonds. The highest BCUT2D eigenvalue weighted by atomic mass is 16.5. The van der Waals surface area contributed by atoms with Crippen molar-refractivity contribution in [1.82, 2.24) is 14.4 Å². The number of hydrogen-bond donors (Lipinski definition) is 0. The Morgan fingerprint density at radius 1 is 1.00 bits per heavy atom. The highest BCUT2D eigenvalue weighted by Gasteiger charge is 2.22. The minimum absolute atomic E-state index is 0.00352. The highest BCUT2D eigenvalue weighted by Crippen LogP contribution is 2.12. The molecule has 0 aliphatic rings. The summed E-state index contributed by atoms with van der Waals surface area (Å²) in [6, 6.07) is 13.6. The van der Waals surface area contributed by atoms with Crippen molar-refractivity contribution in [3.63, 3.8) is 0 Å². The number of aromatic nitrogens is 1. The quantitative estimate of drug-likeness (QED) is 0.387. The first kappa shape index (κ1) is 23.9. The fraction of sp³-hybridized carbons (Fsp3) is 0.375. The lowest BCUT2D eigenvalue weighted by Crippen LogP contribution is -2.42. The molecule has 0 radical (unpaired) electrons. The van der Waals surface area contributed by atoms with Crippen molar-refractivity contribution in [2.75, 3.05) is 19.7 Å². The molecule has 1 heterocycles. The van der Waals surface area contributed by atoms with E-state index in [2.05, 4.69) is 6.58 Å². The second kappa shape index (κ2) is 12.4. The van der Waals surface area contributed by atoms with Gasteiger partial charge in [0.25, 0.3) is 0 Å². The first-order chi connectivity index (χ1) is 14.9. The summed E-state index contributed by atoms with van der Waals surface area (Å²) in [6.07, 6.45) is 3.50. The van der Waals surface area contributed by atoms with Crippen molar-refractivity contribution in [3.8, 4) is 0 Å². The molecule has 0 saturated heterocycles. The van der Waals surface area contributed by atoms with Crippen LogP contribution in [0.2, 0.25) is 0 Å². The van der Waals surface area contributed by atoms with Crippen molar-refractivity contribution in [2.24, 2.45) is 7.05 Å². The fourth-order valence-electron chi connectivity index (χ4n) is 3.17. The number of benzene rings is 1. The molecular weight excluding hydrogens is 394 g/mol. The Labute approximate surface area is 183 Å². The van der Waals surface area contributed by atoms with E-state index < -0.39 is 5.97 Å². The second-order valence-corrected chi connectivity index (χ2v) is 7.21. The van der Waals surface area contributed by atoms with Crippen LogP contribution in [0.15, 0.2) is 61.3 Å². The van der Waals surface area contributed by atoms with Gasteiger partial charge in [-0.05, 0) is 24.6 Å². The van der Waals surface area contributed by atoms with Gasteiger partial charge in [-0.2, -0.15) is 0 Å². The summed E-state index contributed by atoms with van der Waals surface area (Å²) < 4.78 is 6.85. The van der Waals surface area contributed by atoms with Crippen molar-refractivity contribution < 1.29 is 19.1 Å². The number of aryl methyl sites for hydroxylation is 1. The molecule has 7 heteroatoms. The zero-order valence-electron chi connectivity index (χ0n) is 18.3. The van der Waals surface area contributed by atoms with E-state index in [4.69, 9.17) is 4.74 Å². The van der Waals surface area contributed by atoms with Crippen LogP contribution >= 0.6 is 0 Å². The fourth-order valence-corrected chi connectivity index (χ4v) is 3.17. The standard InChI is InChI=1S/C24H31N3O4/c1-4-15-26(22(28)13-14-24(30)31-5-2)19-23(29)27(17-20-10-7-6-8-11-20)18-21-12-9-16-25(21)3/h4,6-12,16H,1,5,13-15,17-19H2,2-3H3. The molecule has 0 atom stereocenters. The Kier molecular flexibility index (Phi) is 9.55. The number of carbonyl (C=O) groups excluding carboxylic acids is 3. The monoisotopic (exact) mass is 425 g/mol. The van der Waals surface area contributed by atoms with E-state index >= 15 is 0 Å². The lowest BCUT2D eigenvalue weighted by molar-refractivity contribution is -0.146. The van der Waals surface area contributed by atoms with Crippen LogP contribution < -0.4 is 0 Å². The van der Waals surface area contributed by atoms with Crippen LogP contribution in [0.1, 0.15) is 31.0 Å². The molecule has 1 aromatic heterocycles. The number of hydrogen-bond acceptors (Lipinski definition) is 4. The molecule has 0 unspecified atom stereocenters. The van der Waals surface area contributed by atoms with E-state index in [1.165, 1.54) is 4.90 Å². The van der Waals surface area contributed by atoms with Crippen LogP contribution in [0, 0.1) is 0 Å². The van der Waals surface area contributed by atoms with Gasteiger partial charge < -0.3 is 19.1 Å². The van der Waals surface area contributed by atoms with Gasteiger partial charge in [-0.3, -0.25) is 14.4 Å². The Balaban J connectivity index is 2.10. The molecule has 0 bridgehead atoms. The predicted octanol–water partition coefficient (Wildman–Crippen LogP) is 2.91. The van der Waals surface area contributed by atoms with E-state index in [1.807, 2.05) is 60.3 Å². The number of carbonyl (C=O) groups is 3. The highest BCUT2D eigenvalue weighted by molar-refractivity contribution is 5.86. The SMILES string of the molecule is C=CCN(CC(=O)N(Cc1ccccc1)Cc1cccn1C)C(=O)CCC(=O)OCC. The summed E-state index contributed by atoms with van der Waals surface area (Å²) in [4.78, 5) is 40.6. The largest absolute Gasteiger partial charge is 0.466 e. The molecule has 0 aliphatic carbocycles. The van der Waals surface area contributed by atoms with Gasteiger partial charge in [0.05, 0.1) is 19.6 Å². The molecule has 0 saturated carbocycles. The van der Waals surface area contributed by atoms with Crippen LogP contribution in [0.4, 0.5) is 0 Å². The minimum atomic E-state index is -0.421. The zero-order chi connectivity index (χ0) is 22.6. The lowest BCUT2D eigenvalue weighted by atomic mass is 10.2. The molecule has 166 valence electrons. The summed E-state index contributed by atoms with van der Waals surface area (Å²) in [7, 11) is 1.93. The molecule has 2 rings (SSSR count). The normalized spacial score (nSPS) is 10.4. The van der Waals surface area contributed by atoms with Gasteiger partial charge in [-0.15, -0.1) is 6.58 Å². The maximum absolute atomic E-state index is 13.2. The third-order valence-electron chi connectivity index (χ3n) is 4.85. The number of esters is 1. The van der Waals surface area contributed by atoms with Gasteiger partial charge in [0.15, 0.2) is 0 Å². The molecule has 31 heavy (non-hydrogen) atoms. The maximum atomic E-state index is 13.2. The van der Waals surface area contributed by atoms with Crippen LogP contribution in [0.5, 0.6) is 0 Å². The van der Waals surface area contributed by atoms with Gasteiger partial charge in [-0.25, -0.2) is 0 Å². The van der Waals surface area contributed by atoms with Crippen LogP contribution in [0.3, 0.4) is 0 Å². The van der Waals surface area contributed by atoms with E-state index in [0.29, 0.717) is 13.1 Å². The van der Waals surface area contributed by atoms with E-state index in [1.54, 1.807) is 17.9 Å². The van der Waals surface area contributed by atoms with Crippen LogP contribution in [-0.4, -0.2) is 51.8 Å². The van der Waals surface area contributed by atoms with Gasteiger partial charge in [0, 0.05) is 38.4 Å². The molecule has 0 spiro atoms. The summed E-state index contributed by atoms with van der Waals surface area (Å²) in [5, 5.41) is 0.